The van der Waals surface area contributed by atoms with Crippen molar-refractivity contribution in [2.75, 3.05) is 18.1 Å². The van der Waals surface area contributed by atoms with Gasteiger partial charge in [-0.3, -0.25) is 4.79 Å². The second-order valence-electron chi connectivity index (χ2n) is 3.44. The zero-order valence-electron chi connectivity index (χ0n) is 7.06. The molecule has 13 heavy (non-hydrogen) atoms. The highest BCUT2D eigenvalue weighted by Crippen LogP contribution is 2.31. The normalized spacial score (nSPS) is 32.7. The van der Waals surface area contributed by atoms with Crippen LogP contribution in [0.3, 0.4) is 0 Å². The molecular weight excluding hydrogens is 196 g/mol. The number of aliphatic carboxylic acids is 1. The highest BCUT2D eigenvalue weighted by Gasteiger charge is 2.44. The van der Waals surface area contributed by atoms with Crippen LogP contribution < -0.4 is 0 Å². The third kappa shape index (κ3) is 2.00. The second-order valence-corrected chi connectivity index (χ2v) is 5.62. The zero-order chi connectivity index (χ0) is 10.1. The minimum Gasteiger partial charge on any atom is -0.481 e. The summed E-state index contributed by atoms with van der Waals surface area (Å²) in [6, 6.07) is 0. The maximum atomic E-state index is 11.2. The molecule has 1 rings (SSSR count). The molecular formula is C7H12O5S. The summed E-state index contributed by atoms with van der Waals surface area (Å²) in [5.74, 6) is -1.63. The molecule has 2 N–H and O–H groups in total. The summed E-state index contributed by atoms with van der Waals surface area (Å²) in [4.78, 5) is 10.8. The van der Waals surface area contributed by atoms with Crippen LogP contribution in [0.25, 0.3) is 0 Å². The highest BCUT2D eigenvalue weighted by atomic mass is 32.2. The summed E-state index contributed by atoms with van der Waals surface area (Å²) in [6.45, 7) is -0.610. The van der Waals surface area contributed by atoms with Crippen molar-refractivity contribution >= 4 is 15.8 Å². The van der Waals surface area contributed by atoms with Gasteiger partial charge in [0.1, 0.15) is 5.41 Å². The average Bonchev–Trinajstić information content (AvgIpc) is 2.02. The lowest BCUT2D eigenvalue weighted by molar-refractivity contribution is -0.150. The number of sulfone groups is 1. The quantitative estimate of drug-likeness (QED) is 0.623. The van der Waals surface area contributed by atoms with Crippen LogP contribution in [-0.2, 0) is 14.6 Å². The summed E-state index contributed by atoms with van der Waals surface area (Å²) < 4.78 is 22.3. The molecule has 1 atom stereocenters. The Labute approximate surface area is 76.3 Å². The Kier molecular flexibility index (Phi) is 2.63. The van der Waals surface area contributed by atoms with Crippen molar-refractivity contribution in [1.82, 2.24) is 0 Å². The minimum atomic E-state index is -3.29. The van der Waals surface area contributed by atoms with Crippen LogP contribution in [0.1, 0.15) is 12.8 Å². The van der Waals surface area contributed by atoms with Crippen LogP contribution in [0.5, 0.6) is 0 Å². The lowest BCUT2D eigenvalue weighted by Crippen LogP contribution is -2.45. The van der Waals surface area contributed by atoms with E-state index in [-0.39, 0.29) is 12.2 Å². The molecule has 1 saturated heterocycles. The van der Waals surface area contributed by atoms with Gasteiger partial charge in [0, 0.05) is 0 Å². The molecule has 1 unspecified atom stereocenters. The molecule has 0 bridgehead atoms. The smallest absolute Gasteiger partial charge is 0.313 e. The van der Waals surface area contributed by atoms with Crippen LogP contribution in [-0.4, -0.2) is 42.7 Å². The predicted octanol–water partition coefficient (Wildman–Crippen LogP) is -0.742. The number of aliphatic hydroxyl groups excluding tert-OH is 1. The fourth-order valence-corrected chi connectivity index (χ4v) is 3.49. The number of hydrogen-bond acceptors (Lipinski definition) is 4. The van der Waals surface area contributed by atoms with Crippen LogP contribution >= 0.6 is 0 Å². The number of aliphatic hydroxyl groups is 1. The van der Waals surface area contributed by atoms with E-state index in [0.29, 0.717) is 6.42 Å². The average molecular weight is 208 g/mol. The molecule has 0 aromatic rings. The first-order valence-electron chi connectivity index (χ1n) is 3.97. The van der Waals surface area contributed by atoms with E-state index in [1.165, 1.54) is 0 Å². The molecule has 0 aromatic heterocycles. The first-order chi connectivity index (χ1) is 5.92. The SMILES string of the molecule is O=C(O)C1(CO)CCCS(=O)(=O)C1. The number of carboxylic acid groups (broad SMARTS) is 1. The summed E-state index contributed by atoms with van der Waals surface area (Å²) in [5, 5.41) is 17.7. The third-order valence-corrected chi connectivity index (χ3v) is 4.27. The Balaban J connectivity index is 2.95. The van der Waals surface area contributed by atoms with Crippen LogP contribution in [0, 0.1) is 5.41 Å². The fourth-order valence-electron chi connectivity index (χ4n) is 1.56. The summed E-state index contributed by atoms with van der Waals surface area (Å²) >= 11 is 0. The van der Waals surface area contributed by atoms with Crippen molar-refractivity contribution in [2.45, 2.75) is 12.8 Å². The molecule has 1 aliphatic rings. The van der Waals surface area contributed by atoms with Crippen molar-refractivity contribution in [3.63, 3.8) is 0 Å². The predicted molar refractivity (Wildman–Crippen MR) is 45.0 cm³/mol. The van der Waals surface area contributed by atoms with Gasteiger partial charge in [-0.25, -0.2) is 8.42 Å². The van der Waals surface area contributed by atoms with Crippen molar-refractivity contribution in [1.29, 1.82) is 0 Å². The van der Waals surface area contributed by atoms with E-state index >= 15 is 0 Å². The van der Waals surface area contributed by atoms with Crippen molar-refractivity contribution in [2.24, 2.45) is 5.41 Å². The van der Waals surface area contributed by atoms with E-state index in [4.69, 9.17) is 10.2 Å². The van der Waals surface area contributed by atoms with Gasteiger partial charge in [-0.15, -0.1) is 0 Å². The molecule has 0 radical (unpaired) electrons. The number of carbonyl (C=O) groups is 1. The molecule has 0 spiro atoms. The highest BCUT2D eigenvalue weighted by molar-refractivity contribution is 7.91. The van der Waals surface area contributed by atoms with E-state index in [2.05, 4.69) is 0 Å². The van der Waals surface area contributed by atoms with E-state index in [9.17, 15) is 13.2 Å². The lowest BCUT2D eigenvalue weighted by atomic mass is 9.86. The van der Waals surface area contributed by atoms with Crippen molar-refractivity contribution < 1.29 is 23.4 Å². The van der Waals surface area contributed by atoms with Gasteiger partial charge in [0.05, 0.1) is 18.1 Å². The summed E-state index contributed by atoms with van der Waals surface area (Å²) in [7, 11) is -3.29. The van der Waals surface area contributed by atoms with E-state index in [1.807, 2.05) is 0 Å². The molecule has 0 saturated carbocycles. The largest absolute Gasteiger partial charge is 0.481 e. The van der Waals surface area contributed by atoms with Gasteiger partial charge in [-0.2, -0.15) is 0 Å². The Morgan fingerprint density at radius 1 is 1.46 bits per heavy atom. The van der Waals surface area contributed by atoms with E-state index in [0.717, 1.165) is 0 Å². The number of carboxylic acids is 1. The molecule has 1 aliphatic heterocycles. The third-order valence-electron chi connectivity index (χ3n) is 2.36. The van der Waals surface area contributed by atoms with Crippen molar-refractivity contribution in [3.05, 3.63) is 0 Å². The van der Waals surface area contributed by atoms with Gasteiger partial charge in [0.15, 0.2) is 9.84 Å². The number of hydrogen-bond donors (Lipinski definition) is 2. The number of rotatable bonds is 2. The lowest BCUT2D eigenvalue weighted by Gasteiger charge is -2.30. The Bertz CT molecular complexity index is 307. The molecule has 6 heteroatoms. The molecule has 0 amide bonds. The monoisotopic (exact) mass is 208 g/mol. The van der Waals surface area contributed by atoms with Crippen LogP contribution in [0.15, 0.2) is 0 Å². The molecule has 76 valence electrons. The zero-order valence-corrected chi connectivity index (χ0v) is 7.88. The Morgan fingerprint density at radius 2 is 2.08 bits per heavy atom. The Hall–Kier alpha value is -0.620. The van der Waals surface area contributed by atoms with Crippen LogP contribution in [0.2, 0.25) is 0 Å². The second kappa shape index (κ2) is 3.26. The van der Waals surface area contributed by atoms with Gasteiger partial charge in [-0.1, -0.05) is 0 Å². The molecule has 1 fully saturated rings. The summed E-state index contributed by atoms with van der Waals surface area (Å²) in [6.07, 6.45) is 0.549. The molecule has 5 nitrogen and oxygen atoms in total. The van der Waals surface area contributed by atoms with Crippen molar-refractivity contribution in [3.8, 4) is 0 Å². The van der Waals surface area contributed by atoms with E-state index in [1.54, 1.807) is 0 Å². The first-order valence-corrected chi connectivity index (χ1v) is 5.79. The van der Waals surface area contributed by atoms with E-state index < -0.39 is 33.6 Å². The molecule has 0 aliphatic carbocycles. The summed E-state index contributed by atoms with van der Waals surface area (Å²) in [5.41, 5.74) is -1.46. The van der Waals surface area contributed by atoms with Gasteiger partial charge < -0.3 is 10.2 Å². The Morgan fingerprint density at radius 3 is 2.38 bits per heavy atom. The van der Waals surface area contributed by atoms with Gasteiger partial charge >= 0.3 is 5.97 Å². The fraction of sp³-hybridized carbons (Fsp3) is 0.857. The van der Waals surface area contributed by atoms with Gasteiger partial charge in [0.25, 0.3) is 0 Å². The van der Waals surface area contributed by atoms with Gasteiger partial charge in [0.2, 0.25) is 0 Å². The molecule has 1 heterocycles. The minimum absolute atomic E-state index is 0.0298. The topological polar surface area (TPSA) is 91.7 Å². The molecule has 0 aromatic carbocycles. The maximum Gasteiger partial charge on any atom is 0.313 e. The first kappa shape index (κ1) is 10.5. The van der Waals surface area contributed by atoms with Gasteiger partial charge in [-0.05, 0) is 12.8 Å². The van der Waals surface area contributed by atoms with Crippen LogP contribution in [0.4, 0.5) is 0 Å². The standard InChI is InChI=1S/C7H12O5S/c8-4-7(6(9)10)2-1-3-13(11,12)5-7/h8H,1-5H2,(H,9,10). The maximum absolute atomic E-state index is 11.2.